The molecule has 0 saturated heterocycles. The van der Waals surface area contributed by atoms with Crippen molar-refractivity contribution in [1.82, 2.24) is 14.8 Å². The van der Waals surface area contributed by atoms with Crippen molar-refractivity contribution < 1.29 is 13.2 Å². The highest BCUT2D eigenvalue weighted by atomic mass is 32.2. The van der Waals surface area contributed by atoms with Crippen LogP contribution in [0.4, 0.5) is 5.69 Å². The number of rotatable bonds is 7. The number of carbonyl (C=O) groups is 1. The quantitative estimate of drug-likeness (QED) is 0.539. The summed E-state index contributed by atoms with van der Waals surface area (Å²) in [7, 11) is -3.77. The van der Waals surface area contributed by atoms with Crippen LogP contribution in [0.3, 0.4) is 0 Å². The molecular formula is C20H23N5O3S2. The Morgan fingerprint density at radius 3 is 2.47 bits per heavy atom. The molecule has 10 heteroatoms. The highest BCUT2D eigenvalue weighted by Gasteiger charge is 2.18. The summed E-state index contributed by atoms with van der Waals surface area (Å²) in [5, 5.41) is 17.1. The molecule has 3 aromatic rings. The summed E-state index contributed by atoms with van der Waals surface area (Å²) in [6.07, 6.45) is 0. The summed E-state index contributed by atoms with van der Waals surface area (Å²) < 4.78 is 24.6. The van der Waals surface area contributed by atoms with E-state index in [4.69, 9.17) is 5.14 Å². The SMILES string of the molecule is Cc1cccc(-c2nnc(SCC(=O)Nc3ccc(S(N)(=O)=O)cc3)n2C(C)C)c1. The first-order chi connectivity index (χ1) is 14.1. The van der Waals surface area contributed by atoms with E-state index in [-0.39, 0.29) is 22.6 Å². The molecule has 0 unspecified atom stereocenters. The van der Waals surface area contributed by atoms with Crippen molar-refractivity contribution in [2.75, 3.05) is 11.1 Å². The maximum absolute atomic E-state index is 12.3. The Morgan fingerprint density at radius 2 is 1.87 bits per heavy atom. The zero-order valence-corrected chi connectivity index (χ0v) is 18.5. The lowest BCUT2D eigenvalue weighted by atomic mass is 10.1. The van der Waals surface area contributed by atoms with E-state index in [2.05, 4.69) is 21.6 Å². The molecule has 3 N–H and O–H groups in total. The van der Waals surface area contributed by atoms with Crippen molar-refractivity contribution in [2.45, 2.75) is 36.9 Å². The average Bonchev–Trinajstić information content (AvgIpc) is 3.10. The highest BCUT2D eigenvalue weighted by Crippen LogP contribution is 2.28. The molecule has 0 aliphatic carbocycles. The molecule has 0 aliphatic rings. The Kier molecular flexibility index (Phi) is 6.59. The van der Waals surface area contributed by atoms with E-state index in [0.717, 1.165) is 17.0 Å². The number of carbonyl (C=O) groups excluding carboxylic acids is 1. The maximum atomic E-state index is 12.3. The minimum atomic E-state index is -3.77. The fourth-order valence-corrected chi connectivity index (χ4v) is 4.26. The van der Waals surface area contributed by atoms with E-state index >= 15 is 0 Å². The summed E-state index contributed by atoms with van der Waals surface area (Å²) in [6, 6.07) is 13.8. The van der Waals surface area contributed by atoms with Gasteiger partial charge in [0.15, 0.2) is 11.0 Å². The number of anilines is 1. The van der Waals surface area contributed by atoms with Gasteiger partial charge in [0.1, 0.15) is 0 Å². The largest absolute Gasteiger partial charge is 0.325 e. The molecule has 0 saturated carbocycles. The van der Waals surface area contributed by atoms with E-state index in [1.807, 2.05) is 43.5 Å². The fourth-order valence-electron chi connectivity index (χ4n) is 2.88. The van der Waals surface area contributed by atoms with Gasteiger partial charge in [0.05, 0.1) is 10.6 Å². The van der Waals surface area contributed by atoms with Crippen LogP contribution in [0.1, 0.15) is 25.5 Å². The number of hydrogen-bond donors (Lipinski definition) is 2. The third kappa shape index (κ3) is 5.26. The first-order valence-electron chi connectivity index (χ1n) is 9.22. The molecule has 0 fully saturated rings. The van der Waals surface area contributed by atoms with E-state index in [1.54, 1.807) is 0 Å². The van der Waals surface area contributed by atoms with Crippen LogP contribution in [0.25, 0.3) is 11.4 Å². The lowest BCUT2D eigenvalue weighted by Gasteiger charge is -2.14. The second kappa shape index (κ2) is 8.99. The smallest absolute Gasteiger partial charge is 0.238 e. The van der Waals surface area contributed by atoms with Gasteiger partial charge in [0, 0.05) is 17.3 Å². The molecule has 8 nitrogen and oxygen atoms in total. The molecular weight excluding hydrogens is 422 g/mol. The average molecular weight is 446 g/mol. The molecule has 0 spiro atoms. The molecule has 158 valence electrons. The van der Waals surface area contributed by atoms with Gasteiger partial charge in [-0.2, -0.15) is 0 Å². The zero-order chi connectivity index (χ0) is 21.9. The molecule has 2 aromatic carbocycles. The molecule has 0 bridgehead atoms. The molecule has 1 aromatic heterocycles. The first-order valence-corrected chi connectivity index (χ1v) is 11.8. The maximum Gasteiger partial charge on any atom is 0.238 e. The van der Waals surface area contributed by atoms with Crippen LogP contribution < -0.4 is 10.5 Å². The van der Waals surface area contributed by atoms with Gasteiger partial charge in [0.2, 0.25) is 15.9 Å². The molecule has 0 aliphatic heterocycles. The Bertz CT molecular complexity index is 1160. The lowest BCUT2D eigenvalue weighted by Crippen LogP contribution is -2.16. The molecule has 30 heavy (non-hydrogen) atoms. The number of sulfonamides is 1. The van der Waals surface area contributed by atoms with Crippen LogP contribution in [-0.2, 0) is 14.8 Å². The number of hydrogen-bond acceptors (Lipinski definition) is 6. The monoisotopic (exact) mass is 445 g/mol. The van der Waals surface area contributed by atoms with Crippen LogP contribution in [0, 0.1) is 6.92 Å². The number of amides is 1. The zero-order valence-electron chi connectivity index (χ0n) is 16.9. The van der Waals surface area contributed by atoms with Crippen molar-refractivity contribution >= 4 is 33.4 Å². The topological polar surface area (TPSA) is 120 Å². The Labute approximate surface area is 179 Å². The first kappa shape index (κ1) is 22.0. The van der Waals surface area contributed by atoms with Crippen LogP contribution in [0.15, 0.2) is 58.6 Å². The number of primary sulfonamides is 1. The fraction of sp³-hybridized carbons (Fsp3) is 0.250. The predicted molar refractivity (Wildman–Crippen MR) is 118 cm³/mol. The van der Waals surface area contributed by atoms with Crippen molar-refractivity contribution in [2.24, 2.45) is 5.14 Å². The summed E-state index contributed by atoms with van der Waals surface area (Å²) in [4.78, 5) is 12.3. The Hall–Kier alpha value is -2.69. The summed E-state index contributed by atoms with van der Waals surface area (Å²) >= 11 is 1.29. The third-order valence-electron chi connectivity index (χ3n) is 4.26. The van der Waals surface area contributed by atoms with Gasteiger partial charge in [-0.3, -0.25) is 9.36 Å². The standard InChI is InChI=1S/C20H23N5O3S2/c1-13(2)25-19(15-6-4-5-14(3)11-15)23-24-20(25)29-12-18(26)22-16-7-9-17(10-8-16)30(21,27)28/h4-11,13H,12H2,1-3H3,(H,22,26)(H2,21,27,28). The Balaban J connectivity index is 1.70. The van der Waals surface area contributed by atoms with E-state index in [0.29, 0.717) is 10.8 Å². The number of thioether (sulfide) groups is 1. The summed E-state index contributed by atoms with van der Waals surface area (Å²) in [5.74, 6) is 0.657. The molecule has 0 atom stereocenters. The Morgan fingerprint density at radius 1 is 1.17 bits per heavy atom. The van der Waals surface area contributed by atoms with Crippen LogP contribution in [0.2, 0.25) is 0 Å². The number of benzene rings is 2. The van der Waals surface area contributed by atoms with Gasteiger partial charge in [-0.05, 0) is 51.1 Å². The van der Waals surface area contributed by atoms with E-state index < -0.39 is 10.0 Å². The molecule has 1 amide bonds. The van der Waals surface area contributed by atoms with Gasteiger partial charge in [-0.1, -0.05) is 35.5 Å². The van der Waals surface area contributed by atoms with Gasteiger partial charge in [0.25, 0.3) is 0 Å². The number of nitrogens with one attached hydrogen (secondary N) is 1. The van der Waals surface area contributed by atoms with Crippen molar-refractivity contribution in [3.63, 3.8) is 0 Å². The van der Waals surface area contributed by atoms with Gasteiger partial charge < -0.3 is 5.32 Å². The minimum Gasteiger partial charge on any atom is -0.325 e. The summed E-state index contributed by atoms with van der Waals surface area (Å²) in [6.45, 7) is 6.11. The second-order valence-electron chi connectivity index (χ2n) is 7.05. The van der Waals surface area contributed by atoms with Crippen molar-refractivity contribution in [3.05, 3.63) is 54.1 Å². The van der Waals surface area contributed by atoms with E-state index in [1.165, 1.54) is 36.0 Å². The highest BCUT2D eigenvalue weighted by molar-refractivity contribution is 7.99. The van der Waals surface area contributed by atoms with Gasteiger partial charge in [-0.15, -0.1) is 10.2 Å². The molecule has 1 heterocycles. The second-order valence-corrected chi connectivity index (χ2v) is 9.55. The predicted octanol–water partition coefficient (Wildman–Crippen LogP) is 3.21. The molecule has 3 rings (SSSR count). The number of aryl methyl sites for hydroxylation is 1. The minimum absolute atomic E-state index is 0.0106. The summed E-state index contributed by atoms with van der Waals surface area (Å²) in [5.41, 5.74) is 2.59. The van der Waals surface area contributed by atoms with Crippen LogP contribution in [0.5, 0.6) is 0 Å². The number of nitrogens with two attached hydrogens (primary N) is 1. The van der Waals surface area contributed by atoms with Crippen LogP contribution >= 0.6 is 11.8 Å². The van der Waals surface area contributed by atoms with Gasteiger partial charge in [-0.25, -0.2) is 13.6 Å². The van der Waals surface area contributed by atoms with Crippen molar-refractivity contribution in [3.8, 4) is 11.4 Å². The number of nitrogens with zero attached hydrogens (tertiary/aromatic N) is 3. The molecule has 0 radical (unpaired) electrons. The normalized spacial score (nSPS) is 11.6. The van der Waals surface area contributed by atoms with E-state index in [9.17, 15) is 13.2 Å². The number of aromatic nitrogens is 3. The lowest BCUT2D eigenvalue weighted by molar-refractivity contribution is -0.113. The van der Waals surface area contributed by atoms with Crippen LogP contribution in [-0.4, -0.2) is 34.8 Å². The van der Waals surface area contributed by atoms with Gasteiger partial charge >= 0.3 is 0 Å². The third-order valence-corrected chi connectivity index (χ3v) is 6.13. The van der Waals surface area contributed by atoms with Crippen molar-refractivity contribution in [1.29, 1.82) is 0 Å².